The standard InChI is InChI=1S/C10H12F3NO2.ClH/c1-16-8-3-2-6(4-7(8)11)9(14)10(12,13)5-15;/h2-4,9,15H,5,14H2,1H3;1H/t9-;/m1./s1. The summed E-state index contributed by atoms with van der Waals surface area (Å²) in [6.45, 7) is -1.39. The van der Waals surface area contributed by atoms with Crippen LogP contribution in [0.2, 0.25) is 0 Å². The number of hydrogen-bond donors (Lipinski definition) is 2. The Morgan fingerprint density at radius 2 is 2.06 bits per heavy atom. The van der Waals surface area contributed by atoms with E-state index in [0.717, 1.165) is 6.07 Å². The molecule has 3 N–H and O–H groups in total. The number of aliphatic hydroxyl groups is 1. The van der Waals surface area contributed by atoms with Crippen molar-refractivity contribution >= 4 is 12.4 Å². The summed E-state index contributed by atoms with van der Waals surface area (Å²) in [4.78, 5) is 0. The molecule has 1 aromatic rings. The first-order valence-electron chi connectivity index (χ1n) is 4.50. The topological polar surface area (TPSA) is 55.5 Å². The maximum absolute atomic E-state index is 13.2. The second-order valence-corrected chi connectivity index (χ2v) is 3.29. The molecule has 0 aliphatic heterocycles. The van der Waals surface area contributed by atoms with E-state index in [-0.39, 0.29) is 23.7 Å². The van der Waals surface area contributed by atoms with Gasteiger partial charge in [-0.05, 0) is 17.7 Å². The van der Waals surface area contributed by atoms with Gasteiger partial charge < -0.3 is 15.6 Å². The van der Waals surface area contributed by atoms with Gasteiger partial charge in [0.2, 0.25) is 0 Å². The van der Waals surface area contributed by atoms with Crippen molar-refractivity contribution in [2.24, 2.45) is 5.73 Å². The van der Waals surface area contributed by atoms with Crippen molar-refractivity contribution in [3.05, 3.63) is 29.6 Å². The minimum atomic E-state index is -3.49. The molecule has 17 heavy (non-hydrogen) atoms. The Labute approximate surface area is 103 Å². The van der Waals surface area contributed by atoms with Gasteiger partial charge in [-0.1, -0.05) is 6.07 Å². The summed E-state index contributed by atoms with van der Waals surface area (Å²) in [6, 6.07) is 1.55. The third-order valence-electron chi connectivity index (χ3n) is 2.20. The normalized spacial score (nSPS) is 12.8. The van der Waals surface area contributed by atoms with E-state index in [1.54, 1.807) is 0 Å². The Kier molecular flexibility index (Phi) is 5.74. The van der Waals surface area contributed by atoms with Crippen molar-refractivity contribution in [1.82, 2.24) is 0 Å². The molecule has 0 fully saturated rings. The molecule has 0 heterocycles. The zero-order valence-corrected chi connectivity index (χ0v) is 9.81. The molecule has 0 amide bonds. The van der Waals surface area contributed by atoms with Gasteiger partial charge in [0.1, 0.15) is 6.61 Å². The van der Waals surface area contributed by atoms with Crippen molar-refractivity contribution in [2.75, 3.05) is 13.7 Å². The predicted octanol–water partition coefficient (Wildman–Crippen LogP) is 1.88. The van der Waals surface area contributed by atoms with E-state index >= 15 is 0 Å². The van der Waals surface area contributed by atoms with Gasteiger partial charge in [-0.25, -0.2) is 13.2 Å². The molecule has 1 atom stereocenters. The molecular formula is C10H13ClF3NO2. The van der Waals surface area contributed by atoms with E-state index in [1.807, 2.05) is 0 Å². The third-order valence-corrected chi connectivity index (χ3v) is 2.20. The number of aliphatic hydroxyl groups excluding tert-OH is 1. The SMILES string of the molecule is COc1ccc([C@@H](N)C(F)(F)CO)cc1F.Cl. The summed E-state index contributed by atoms with van der Waals surface area (Å²) in [7, 11) is 1.26. The first-order valence-corrected chi connectivity index (χ1v) is 4.50. The van der Waals surface area contributed by atoms with Gasteiger partial charge in [0, 0.05) is 0 Å². The van der Waals surface area contributed by atoms with Crippen LogP contribution in [0, 0.1) is 5.82 Å². The van der Waals surface area contributed by atoms with Gasteiger partial charge in [0.05, 0.1) is 13.2 Å². The monoisotopic (exact) mass is 271 g/mol. The molecule has 0 aliphatic rings. The van der Waals surface area contributed by atoms with Crippen molar-refractivity contribution in [3.63, 3.8) is 0 Å². The Morgan fingerprint density at radius 1 is 1.47 bits per heavy atom. The number of alkyl halides is 2. The van der Waals surface area contributed by atoms with Crippen LogP contribution in [0.15, 0.2) is 18.2 Å². The van der Waals surface area contributed by atoms with Crippen LogP contribution < -0.4 is 10.5 Å². The quantitative estimate of drug-likeness (QED) is 0.879. The number of halogens is 4. The molecule has 3 nitrogen and oxygen atoms in total. The van der Waals surface area contributed by atoms with Gasteiger partial charge in [0.25, 0.3) is 5.92 Å². The Bertz CT molecular complexity index is 377. The van der Waals surface area contributed by atoms with Crippen molar-refractivity contribution in [2.45, 2.75) is 12.0 Å². The molecular weight excluding hydrogens is 259 g/mol. The van der Waals surface area contributed by atoms with Crippen molar-refractivity contribution in [1.29, 1.82) is 0 Å². The molecule has 0 saturated carbocycles. The highest BCUT2D eigenvalue weighted by atomic mass is 35.5. The molecule has 98 valence electrons. The fourth-order valence-corrected chi connectivity index (χ4v) is 1.22. The number of hydrogen-bond acceptors (Lipinski definition) is 3. The van der Waals surface area contributed by atoms with E-state index < -0.39 is 24.4 Å². The van der Waals surface area contributed by atoms with E-state index in [2.05, 4.69) is 4.74 Å². The molecule has 0 spiro atoms. The molecule has 7 heteroatoms. The van der Waals surface area contributed by atoms with E-state index in [4.69, 9.17) is 10.8 Å². The average Bonchev–Trinajstić information content (AvgIpc) is 2.27. The number of benzene rings is 1. The molecule has 0 aromatic heterocycles. The minimum absolute atomic E-state index is 0. The zero-order valence-electron chi connectivity index (χ0n) is 8.99. The molecule has 1 aromatic carbocycles. The number of ether oxygens (including phenoxy) is 1. The van der Waals surface area contributed by atoms with Crippen LogP contribution in [0.3, 0.4) is 0 Å². The van der Waals surface area contributed by atoms with Crippen LogP contribution in [-0.2, 0) is 0 Å². The molecule has 0 saturated heterocycles. The lowest BCUT2D eigenvalue weighted by atomic mass is 10.0. The molecule has 0 radical (unpaired) electrons. The zero-order chi connectivity index (χ0) is 12.3. The summed E-state index contributed by atoms with van der Waals surface area (Å²) < 4.78 is 43.9. The van der Waals surface area contributed by atoms with Crippen LogP contribution in [0.1, 0.15) is 11.6 Å². The molecule has 0 unspecified atom stereocenters. The van der Waals surface area contributed by atoms with Gasteiger partial charge in [-0.2, -0.15) is 0 Å². The van der Waals surface area contributed by atoms with Gasteiger partial charge in [0.15, 0.2) is 11.6 Å². The fraction of sp³-hybridized carbons (Fsp3) is 0.400. The lowest BCUT2D eigenvalue weighted by Gasteiger charge is -2.21. The largest absolute Gasteiger partial charge is 0.494 e. The Balaban J connectivity index is 0.00000256. The highest BCUT2D eigenvalue weighted by Gasteiger charge is 2.37. The van der Waals surface area contributed by atoms with Crippen LogP contribution in [-0.4, -0.2) is 24.7 Å². The van der Waals surface area contributed by atoms with Crippen LogP contribution >= 0.6 is 12.4 Å². The lowest BCUT2D eigenvalue weighted by molar-refractivity contribution is -0.0712. The second kappa shape index (κ2) is 6.09. The van der Waals surface area contributed by atoms with E-state index in [1.165, 1.54) is 19.2 Å². The maximum atomic E-state index is 13.2. The summed E-state index contributed by atoms with van der Waals surface area (Å²) in [6.07, 6.45) is 0. The van der Waals surface area contributed by atoms with Crippen molar-refractivity contribution in [3.8, 4) is 5.75 Å². The summed E-state index contributed by atoms with van der Waals surface area (Å²) >= 11 is 0. The van der Waals surface area contributed by atoms with E-state index in [9.17, 15) is 13.2 Å². The number of methoxy groups -OCH3 is 1. The van der Waals surface area contributed by atoms with Crippen molar-refractivity contribution < 1.29 is 23.0 Å². The highest BCUT2D eigenvalue weighted by molar-refractivity contribution is 5.85. The minimum Gasteiger partial charge on any atom is -0.494 e. The summed E-state index contributed by atoms with van der Waals surface area (Å²) in [5.74, 6) is -4.31. The maximum Gasteiger partial charge on any atom is 0.289 e. The first kappa shape index (κ1) is 16.0. The first-order chi connectivity index (χ1) is 7.42. The average molecular weight is 272 g/mol. The van der Waals surface area contributed by atoms with Gasteiger partial charge >= 0.3 is 0 Å². The van der Waals surface area contributed by atoms with Crippen LogP contribution in [0.5, 0.6) is 5.75 Å². The van der Waals surface area contributed by atoms with Gasteiger partial charge in [-0.3, -0.25) is 0 Å². The lowest BCUT2D eigenvalue weighted by Crippen LogP contribution is -2.36. The van der Waals surface area contributed by atoms with Crippen LogP contribution in [0.25, 0.3) is 0 Å². The molecule has 1 rings (SSSR count). The van der Waals surface area contributed by atoms with Gasteiger partial charge in [-0.15, -0.1) is 12.4 Å². The molecule has 0 aliphatic carbocycles. The fourth-order valence-electron chi connectivity index (χ4n) is 1.22. The Morgan fingerprint density at radius 3 is 2.47 bits per heavy atom. The Hall–Kier alpha value is -0.980. The van der Waals surface area contributed by atoms with Crippen LogP contribution in [0.4, 0.5) is 13.2 Å². The summed E-state index contributed by atoms with van der Waals surface area (Å²) in [5, 5.41) is 8.45. The highest BCUT2D eigenvalue weighted by Crippen LogP contribution is 2.30. The smallest absolute Gasteiger partial charge is 0.289 e. The predicted molar refractivity (Wildman–Crippen MR) is 59.2 cm³/mol. The number of rotatable bonds is 4. The molecule has 0 bridgehead atoms. The summed E-state index contributed by atoms with van der Waals surface area (Å²) in [5.41, 5.74) is 5.13. The second-order valence-electron chi connectivity index (χ2n) is 3.29. The van der Waals surface area contributed by atoms with E-state index in [0.29, 0.717) is 0 Å². The third kappa shape index (κ3) is 3.49. The number of nitrogens with two attached hydrogens (primary N) is 1.